The second-order valence-corrected chi connectivity index (χ2v) is 7.24. The van der Waals surface area contributed by atoms with Crippen LogP contribution in [0.2, 0.25) is 0 Å². The molecule has 1 heterocycles. The summed E-state index contributed by atoms with van der Waals surface area (Å²) in [4.78, 5) is 1.01. The molecule has 0 amide bonds. The maximum Gasteiger partial charge on any atom is 0.135 e. The number of rotatable bonds is 1. The molecule has 1 saturated carbocycles. The number of hydrogen-bond acceptors (Lipinski definition) is 2. The average molecular weight is 310 g/mol. The highest BCUT2D eigenvalue weighted by atomic mass is 32.1. The maximum atomic E-state index is 6.50. The fraction of sp³-hybridized carbons (Fsp3) is 0.400. The van der Waals surface area contributed by atoms with E-state index in [4.69, 9.17) is 4.74 Å². The van der Waals surface area contributed by atoms with E-state index < -0.39 is 0 Å². The molecule has 2 heteroatoms. The second-order valence-electron chi connectivity index (χ2n) is 6.76. The Labute approximate surface area is 138 Å². The summed E-state index contributed by atoms with van der Waals surface area (Å²) >= 11 is 4.58. The molecule has 0 saturated heterocycles. The second kappa shape index (κ2) is 4.79. The van der Waals surface area contributed by atoms with E-state index in [2.05, 4.69) is 57.7 Å². The lowest BCUT2D eigenvalue weighted by Gasteiger charge is -2.47. The molecule has 0 unspecified atom stereocenters. The monoisotopic (exact) mass is 310 g/mol. The first-order chi connectivity index (χ1) is 10.5. The number of thiol groups is 1. The summed E-state index contributed by atoms with van der Waals surface area (Å²) in [6.45, 7) is 6.57. The molecule has 0 radical (unpaired) electrons. The fourth-order valence-electron chi connectivity index (χ4n) is 3.84. The Balaban J connectivity index is 2.02. The normalized spacial score (nSPS) is 17.5. The van der Waals surface area contributed by atoms with E-state index in [0.29, 0.717) is 0 Å². The van der Waals surface area contributed by atoms with Crippen molar-refractivity contribution in [2.45, 2.75) is 57.0 Å². The van der Waals surface area contributed by atoms with Gasteiger partial charge in [0.2, 0.25) is 0 Å². The molecule has 2 aliphatic rings. The van der Waals surface area contributed by atoms with Crippen LogP contribution in [0.3, 0.4) is 0 Å². The summed E-state index contributed by atoms with van der Waals surface area (Å²) < 4.78 is 6.50. The van der Waals surface area contributed by atoms with Crippen LogP contribution in [0.25, 0.3) is 11.1 Å². The molecule has 1 nitrogen and oxygen atoms in total. The highest BCUT2D eigenvalue weighted by molar-refractivity contribution is 7.80. The third-order valence-corrected chi connectivity index (χ3v) is 5.88. The number of ether oxygens (including phenoxy) is 1. The fourth-order valence-corrected chi connectivity index (χ4v) is 4.02. The van der Waals surface area contributed by atoms with Crippen LogP contribution in [0, 0.1) is 13.8 Å². The van der Waals surface area contributed by atoms with Crippen LogP contribution in [0.15, 0.2) is 29.2 Å². The van der Waals surface area contributed by atoms with Crippen molar-refractivity contribution in [2.75, 3.05) is 0 Å². The minimum Gasteiger partial charge on any atom is -0.482 e. The van der Waals surface area contributed by atoms with Crippen LogP contribution in [-0.4, -0.2) is 0 Å². The van der Waals surface area contributed by atoms with Crippen molar-refractivity contribution in [3.05, 3.63) is 46.5 Å². The van der Waals surface area contributed by atoms with Crippen LogP contribution >= 0.6 is 12.6 Å². The Kier molecular flexibility index (Phi) is 3.09. The molecule has 2 aromatic rings. The van der Waals surface area contributed by atoms with Crippen molar-refractivity contribution in [3.63, 3.8) is 0 Å². The SMILES string of the molecule is CCc1cc2c(cc1C)C1(CCC1)Oc1cc(S)c(C)cc1-2. The zero-order valence-electron chi connectivity index (χ0n) is 13.5. The molecule has 114 valence electrons. The number of aryl methyl sites for hydroxylation is 3. The predicted molar refractivity (Wildman–Crippen MR) is 94.1 cm³/mol. The van der Waals surface area contributed by atoms with Crippen LogP contribution in [-0.2, 0) is 12.0 Å². The summed E-state index contributed by atoms with van der Waals surface area (Å²) in [5.41, 5.74) is 7.95. The maximum absolute atomic E-state index is 6.50. The zero-order chi connectivity index (χ0) is 15.5. The van der Waals surface area contributed by atoms with E-state index in [9.17, 15) is 0 Å². The molecule has 4 rings (SSSR count). The lowest BCUT2D eigenvalue weighted by molar-refractivity contribution is -0.0146. The Morgan fingerprint density at radius 2 is 1.82 bits per heavy atom. The quantitative estimate of drug-likeness (QED) is 0.675. The summed E-state index contributed by atoms with van der Waals surface area (Å²) in [5, 5.41) is 0. The summed E-state index contributed by atoms with van der Waals surface area (Å²) in [5.74, 6) is 1.01. The third kappa shape index (κ3) is 1.86. The van der Waals surface area contributed by atoms with Gasteiger partial charge in [-0.05, 0) is 73.9 Å². The molecule has 22 heavy (non-hydrogen) atoms. The molecule has 0 N–H and O–H groups in total. The van der Waals surface area contributed by atoms with Crippen molar-refractivity contribution in [3.8, 4) is 16.9 Å². The lowest BCUT2D eigenvalue weighted by atomic mass is 9.70. The summed E-state index contributed by atoms with van der Waals surface area (Å²) in [6, 6.07) is 9.10. The van der Waals surface area contributed by atoms with Gasteiger partial charge in [-0.2, -0.15) is 0 Å². The van der Waals surface area contributed by atoms with Gasteiger partial charge in [-0.25, -0.2) is 0 Å². The summed E-state index contributed by atoms with van der Waals surface area (Å²) in [7, 11) is 0. The molecule has 0 atom stereocenters. The van der Waals surface area contributed by atoms with Gasteiger partial charge < -0.3 is 4.74 Å². The lowest BCUT2D eigenvalue weighted by Crippen LogP contribution is -2.42. The van der Waals surface area contributed by atoms with Gasteiger partial charge in [0.1, 0.15) is 11.4 Å². The topological polar surface area (TPSA) is 9.23 Å². The van der Waals surface area contributed by atoms with E-state index >= 15 is 0 Å². The van der Waals surface area contributed by atoms with Gasteiger partial charge in [-0.15, -0.1) is 12.6 Å². The van der Waals surface area contributed by atoms with E-state index in [0.717, 1.165) is 29.9 Å². The average Bonchev–Trinajstić information content (AvgIpc) is 2.46. The van der Waals surface area contributed by atoms with Crippen molar-refractivity contribution < 1.29 is 4.74 Å². The van der Waals surface area contributed by atoms with Gasteiger partial charge >= 0.3 is 0 Å². The standard InChI is InChI=1S/C20H22OS/c1-4-14-10-15-16-8-13(3)19(22)11-18(16)21-20(6-5-7-20)17(15)9-12(14)2/h8-11,22H,4-7H2,1-3H3. The van der Waals surface area contributed by atoms with E-state index in [1.807, 2.05) is 0 Å². The van der Waals surface area contributed by atoms with Crippen LogP contribution in [0.4, 0.5) is 0 Å². The van der Waals surface area contributed by atoms with Gasteiger partial charge in [0.05, 0.1) is 0 Å². The van der Waals surface area contributed by atoms with Gasteiger partial charge in [0.15, 0.2) is 0 Å². The van der Waals surface area contributed by atoms with Crippen LogP contribution in [0.1, 0.15) is 48.4 Å². The zero-order valence-corrected chi connectivity index (χ0v) is 14.4. The van der Waals surface area contributed by atoms with E-state index in [1.165, 1.54) is 39.8 Å². The first-order valence-electron chi connectivity index (χ1n) is 8.21. The molecule has 0 aromatic heterocycles. The van der Waals surface area contributed by atoms with E-state index in [1.54, 1.807) is 0 Å². The third-order valence-electron chi connectivity index (χ3n) is 5.40. The Hall–Kier alpha value is -1.41. The van der Waals surface area contributed by atoms with Gasteiger partial charge in [-0.1, -0.05) is 19.1 Å². The molecule has 2 aromatic carbocycles. The van der Waals surface area contributed by atoms with E-state index in [-0.39, 0.29) is 5.60 Å². The number of benzene rings is 2. The highest BCUT2D eigenvalue weighted by Gasteiger charge is 2.46. The number of fused-ring (bicyclic) bond motifs is 4. The van der Waals surface area contributed by atoms with Gasteiger partial charge in [0.25, 0.3) is 0 Å². The molecule has 1 spiro atoms. The largest absolute Gasteiger partial charge is 0.482 e. The van der Waals surface area contributed by atoms with Crippen molar-refractivity contribution >= 4 is 12.6 Å². The molecule has 1 aliphatic heterocycles. The molecule has 0 bridgehead atoms. The van der Waals surface area contributed by atoms with Crippen LogP contribution in [0.5, 0.6) is 5.75 Å². The molecular formula is C20H22OS. The molecular weight excluding hydrogens is 288 g/mol. The Morgan fingerprint density at radius 1 is 1.05 bits per heavy atom. The van der Waals surface area contributed by atoms with Crippen molar-refractivity contribution in [2.24, 2.45) is 0 Å². The molecule has 1 fully saturated rings. The van der Waals surface area contributed by atoms with Crippen molar-refractivity contribution in [1.29, 1.82) is 0 Å². The minimum atomic E-state index is -0.0885. The van der Waals surface area contributed by atoms with Gasteiger partial charge in [-0.3, -0.25) is 0 Å². The molecule has 1 aliphatic carbocycles. The first-order valence-corrected chi connectivity index (χ1v) is 8.66. The van der Waals surface area contributed by atoms with Gasteiger partial charge in [0, 0.05) is 16.0 Å². The Morgan fingerprint density at radius 3 is 2.45 bits per heavy atom. The minimum absolute atomic E-state index is 0.0885. The highest BCUT2D eigenvalue weighted by Crippen LogP contribution is 2.55. The first kappa shape index (κ1) is 14.2. The van der Waals surface area contributed by atoms with Crippen molar-refractivity contribution in [1.82, 2.24) is 0 Å². The van der Waals surface area contributed by atoms with Crippen LogP contribution < -0.4 is 4.74 Å². The number of hydrogen-bond donors (Lipinski definition) is 1. The smallest absolute Gasteiger partial charge is 0.135 e. The predicted octanol–water partition coefficient (Wildman–Crippen LogP) is 5.59. The summed E-state index contributed by atoms with van der Waals surface area (Å²) in [6.07, 6.45) is 4.58. The Bertz CT molecular complexity index is 772.